The Balaban J connectivity index is 1.41. The zero-order valence-electron chi connectivity index (χ0n) is 12.5. The van der Waals surface area contributed by atoms with E-state index >= 15 is 0 Å². The molecule has 1 aliphatic rings. The van der Waals surface area contributed by atoms with Gasteiger partial charge in [0, 0.05) is 23.8 Å². The molecule has 1 fully saturated rings. The first-order valence-corrected chi connectivity index (χ1v) is 8.56. The number of likely N-dealkylation sites (tertiary alicyclic amines) is 1. The molecule has 21 heavy (non-hydrogen) atoms. The molecule has 0 unspecified atom stereocenters. The van der Waals surface area contributed by atoms with Gasteiger partial charge in [-0.2, -0.15) is 0 Å². The molecule has 0 aliphatic carbocycles. The zero-order valence-corrected chi connectivity index (χ0v) is 13.3. The number of fused-ring (bicyclic) bond motifs is 1. The van der Waals surface area contributed by atoms with E-state index in [1.165, 1.54) is 25.9 Å². The van der Waals surface area contributed by atoms with Gasteiger partial charge < -0.3 is 10.2 Å². The summed E-state index contributed by atoms with van der Waals surface area (Å²) in [4.78, 5) is 19.8. The van der Waals surface area contributed by atoms with Crippen molar-refractivity contribution in [2.24, 2.45) is 0 Å². The van der Waals surface area contributed by atoms with Crippen LogP contribution in [0, 0.1) is 6.92 Å². The van der Waals surface area contributed by atoms with E-state index in [1.807, 2.05) is 22.9 Å². The highest BCUT2D eigenvalue weighted by Crippen LogP contribution is 2.15. The van der Waals surface area contributed by atoms with Gasteiger partial charge >= 0.3 is 0 Å². The van der Waals surface area contributed by atoms with E-state index in [0.29, 0.717) is 5.69 Å². The normalized spacial score (nSPS) is 15.9. The number of amides is 1. The average molecular weight is 306 g/mol. The lowest BCUT2D eigenvalue weighted by Gasteiger charge is -2.13. The fraction of sp³-hybridized carbons (Fsp3) is 0.600. The predicted molar refractivity (Wildman–Crippen MR) is 85.0 cm³/mol. The van der Waals surface area contributed by atoms with Crippen molar-refractivity contribution in [2.75, 3.05) is 26.2 Å². The summed E-state index contributed by atoms with van der Waals surface area (Å²) in [6, 6.07) is 0. The minimum Gasteiger partial charge on any atom is -0.351 e. The van der Waals surface area contributed by atoms with Gasteiger partial charge in [0.15, 0.2) is 4.96 Å². The molecule has 1 aliphatic heterocycles. The van der Waals surface area contributed by atoms with Crippen LogP contribution in [0.4, 0.5) is 0 Å². The third kappa shape index (κ3) is 3.44. The largest absolute Gasteiger partial charge is 0.351 e. The molecule has 1 amide bonds. The maximum atomic E-state index is 12.1. The number of aromatic nitrogens is 2. The number of aryl methyl sites for hydroxylation is 1. The summed E-state index contributed by atoms with van der Waals surface area (Å²) in [5.74, 6) is -0.0635. The van der Waals surface area contributed by atoms with Crippen molar-refractivity contribution in [3.8, 4) is 0 Å². The minimum atomic E-state index is -0.0635. The molecule has 0 radical (unpaired) electrons. The number of nitrogens with zero attached hydrogens (tertiary/aromatic N) is 3. The van der Waals surface area contributed by atoms with Crippen LogP contribution in [-0.4, -0.2) is 46.4 Å². The Labute approximate surface area is 129 Å². The first-order valence-electron chi connectivity index (χ1n) is 7.68. The van der Waals surface area contributed by atoms with Gasteiger partial charge in [-0.05, 0) is 52.2 Å². The molecule has 0 aromatic carbocycles. The molecule has 0 atom stereocenters. The fourth-order valence-electron chi connectivity index (χ4n) is 2.76. The van der Waals surface area contributed by atoms with E-state index in [1.54, 1.807) is 11.3 Å². The third-order valence-electron chi connectivity index (χ3n) is 4.01. The summed E-state index contributed by atoms with van der Waals surface area (Å²) >= 11 is 1.56. The summed E-state index contributed by atoms with van der Waals surface area (Å²) in [6.45, 7) is 6.41. The topological polar surface area (TPSA) is 49.6 Å². The molecule has 3 rings (SSSR count). The Kier molecular flexibility index (Phi) is 4.55. The van der Waals surface area contributed by atoms with Crippen LogP contribution in [0.5, 0.6) is 0 Å². The van der Waals surface area contributed by atoms with E-state index in [-0.39, 0.29) is 5.91 Å². The lowest BCUT2D eigenvalue weighted by atomic mass is 10.3. The fourth-order valence-corrected chi connectivity index (χ4v) is 3.61. The van der Waals surface area contributed by atoms with Crippen LogP contribution in [0.15, 0.2) is 11.6 Å². The zero-order chi connectivity index (χ0) is 14.7. The van der Waals surface area contributed by atoms with Gasteiger partial charge in [-0.3, -0.25) is 9.20 Å². The van der Waals surface area contributed by atoms with Crippen molar-refractivity contribution < 1.29 is 4.79 Å². The number of unbranched alkanes of at least 4 members (excludes halogenated alkanes) is 1. The van der Waals surface area contributed by atoms with Crippen molar-refractivity contribution in [3.63, 3.8) is 0 Å². The highest BCUT2D eigenvalue weighted by molar-refractivity contribution is 7.15. The number of hydrogen-bond acceptors (Lipinski definition) is 4. The molecule has 3 heterocycles. The van der Waals surface area contributed by atoms with E-state index in [9.17, 15) is 4.79 Å². The van der Waals surface area contributed by atoms with Crippen molar-refractivity contribution in [3.05, 3.63) is 23.0 Å². The number of carbonyl (C=O) groups is 1. The number of carbonyl (C=O) groups excluding carboxylic acids is 1. The Morgan fingerprint density at radius 1 is 1.38 bits per heavy atom. The first kappa shape index (κ1) is 14.5. The van der Waals surface area contributed by atoms with Gasteiger partial charge in [0.05, 0.1) is 0 Å². The molecule has 5 nitrogen and oxygen atoms in total. The Hall–Kier alpha value is -1.40. The van der Waals surface area contributed by atoms with E-state index in [0.717, 1.165) is 36.6 Å². The van der Waals surface area contributed by atoms with Crippen LogP contribution in [0.3, 0.4) is 0 Å². The lowest BCUT2D eigenvalue weighted by molar-refractivity contribution is 0.0948. The first-order chi connectivity index (χ1) is 10.2. The van der Waals surface area contributed by atoms with Crippen LogP contribution in [-0.2, 0) is 0 Å². The Morgan fingerprint density at radius 2 is 2.19 bits per heavy atom. The summed E-state index contributed by atoms with van der Waals surface area (Å²) in [7, 11) is 0. The van der Waals surface area contributed by atoms with Gasteiger partial charge in [0.1, 0.15) is 5.69 Å². The van der Waals surface area contributed by atoms with E-state index in [4.69, 9.17) is 0 Å². The molecular formula is C15H22N4OS. The quantitative estimate of drug-likeness (QED) is 0.833. The Morgan fingerprint density at radius 3 is 2.95 bits per heavy atom. The summed E-state index contributed by atoms with van der Waals surface area (Å²) in [5.41, 5.74) is 1.64. The van der Waals surface area contributed by atoms with Crippen LogP contribution in [0.2, 0.25) is 0 Å². The van der Waals surface area contributed by atoms with Crippen LogP contribution >= 0.6 is 11.3 Å². The van der Waals surface area contributed by atoms with Gasteiger partial charge in [-0.15, -0.1) is 11.3 Å². The molecular weight excluding hydrogens is 284 g/mol. The van der Waals surface area contributed by atoms with Crippen molar-refractivity contribution in [1.82, 2.24) is 19.6 Å². The number of imidazole rings is 1. The standard InChI is InChI=1S/C15H22N4OS/c1-12-11-21-15-17-13(10-19(12)15)14(20)16-6-2-3-7-18-8-4-5-9-18/h10-11H,2-9H2,1H3,(H,16,20). The van der Waals surface area contributed by atoms with Crippen LogP contribution in [0.25, 0.3) is 4.96 Å². The third-order valence-corrected chi connectivity index (χ3v) is 4.96. The monoisotopic (exact) mass is 306 g/mol. The molecule has 0 saturated carbocycles. The highest BCUT2D eigenvalue weighted by atomic mass is 32.1. The molecule has 2 aromatic heterocycles. The number of nitrogens with one attached hydrogen (secondary N) is 1. The highest BCUT2D eigenvalue weighted by Gasteiger charge is 2.13. The predicted octanol–water partition coefficient (Wildman–Crippen LogP) is 2.31. The molecule has 1 saturated heterocycles. The molecule has 0 bridgehead atoms. The molecule has 2 aromatic rings. The second-order valence-electron chi connectivity index (χ2n) is 5.67. The Bertz CT molecular complexity index is 612. The van der Waals surface area contributed by atoms with Crippen molar-refractivity contribution >= 4 is 22.2 Å². The smallest absolute Gasteiger partial charge is 0.271 e. The minimum absolute atomic E-state index is 0.0635. The van der Waals surface area contributed by atoms with Gasteiger partial charge in [0.25, 0.3) is 5.91 Å². The van der Waals surface area contributed by atoms with Crippen molar-refractivity contribution in [1.29, 1.82) is 0 Å². The van der Waals surface area contributed by atoms with E-state index in [2.05, 4.69) is 15.2 Å². The van der Waals surface area contributed by atoms with Crippen molar-refractivity contribution in [2.45, 2.75) is 32.6 Å². The number of thiazole rings is 1. The lowest BCUT2D eigenvalue weighted by Crippen LogP contribution is -2.26. The second-order valence-corrected chi connectivity index (χ2v) is 6.50. The number of hydrogen-bond donors (Lipinski definition) is 1. The summed E-state index contributed by atoms with van der Waals surface area (Å²) < 4.78 is 1.97. The molecule has 6 heteroatoms. The maximum absolute atomic E-state index is 12.1. The SMILES string of the molecule is Cc1csc2nc(C(=O)NCCCCN3CCCC3)cn12. The summed E-state index contributed by atoms with van der Waals surface area (Å²) in [6.07, 6.45) is 6.68. The molecule has 114 valence electrons. The maximum Gasteiger partial charge on any atom is 0.271 e. The average Bonchev–Trinajstić information content (AvgIpc) is 3.18. The van der Waals surface area contributed by atoms with Crippen LogP contribution in [0.1, 0.15) is 41.9 Å². The van der Waals surface area contributed by atoms with E-state index < -0.39 is 0 Å². The van der Waals surface area contributed by atoms with Crippen LogP contribution < -0.4 is 5.32 Å². The summed E-state index contributed by atoms with van der Waals surface area (Å²) in [5, 5.41) is 5.01. The van der Waals surface area contributed by atoms with Gasteiger partial charge in [0.2, 0.25) is 0 Å². The molecule has 0 spiro atoms. The number of rotatable bonds is 6. The second kappa shape index (κ2) is 6.58. The van der Waals surface area contributed by atoms with Gasteiger partial charge in [-0.25, -0.2) is 4.98 Å². The molecule has 1 N–H and O–H groups in total. The van der Waals surface area contributed by atoms with Gasteiger partial charge in [-0.1, -0.05) is 0 Å².